The van der Waals surface area contributed by atoms with Gasteiger partial charge in [-0.1, -0.05) is 471 Å². The van der Waals surface area contributed by atoms with Crippen LogP contribution >= 0.6 is 0 Å². The van der Waals surface area contributed by atoms with Gasteiger partial charge < -0.3 is 10.2 Å². The van der Waals surface area contributed by atoms with Gasteiger partial charge in [-0.3, -0.25) is 9.59 Å². The summed E-state index contributed by atoms with van der Waals surface area (Å²) in [5.41, 5.74) is 0. The first kappa shape index (κ1) is 88.1. The summed E-state index contributed by atoms with van der Waals surface area (Å²) in [5.74, 6) is 2.49. The molecular formula is C87H170O4. The predicted octanol–water partition coefficient (Wildman–Crippen LogP) is 30.4. The number of unbranched alkanes of at least 4 members (excludes halogenated alkanes) is 64. The third kappa shape index (κ3) is 63.6. The Hall–Kier alpha value is -0.900. The standard InChI is InChI=1S/C87H170O4/c1-5-7-9-11-13-15-17-19-21-23-24-25-26-27-28-33-40-46-52-58-64-70-76-83(87(90)91)86(89)78-72-66-60-54-48-42-36-35-39-45-51-57-63-69-75-82-79-84(82)80(3)73-67-61-55-49-43-37-32-29-30-34-41-47-53-59-65-71-77-85(88)81(4)74-68-62-56-50-44-38-31-22-20-18-16-14-12-10-8-6-2/h80-84,86,89H,5-79H2,1-4H3,(H,90,91)/t80-,81?,82-,83+,84+,86+/m0/s1. The molecule has 4 nitrogen and oxygen atoms in total. The van der Waals surface area contributed by atoms with Crippen LogP contribution in [-0.4, -0.2) is 28.1 Å². The fourth-order valence-corrected chi connectivity index (χ4v) is 15.7. The molecule has 0 radical (unpaired) electrons. The van der Waals surface area contributed by atoms with Gasteiger partial charge in [0.05, 0.1) is 12.0 Å². The van der Waals surface area contributed by atoms with E-state index in [0.717, 1.165) is 62.7 Å². The molecule has 1 aliphatic rings. The van der Waals surface area contributed by atoms with Crippen LogP contribution in [0.5, 0.6) is 0 Å². The maximum atomic E-state index is 12.7. The van der Waals surface area contributed by atoms with Crippen molar-refractivity contribution in [1.29, 1.82) is 0 Å². The van der Waals surface area contributed by atoms with E-state index in [4.69, 9.17) is 0 Å². The molecule has 0 spiro atoms. The largest absolute Gasteiger partial charge is 0.481 e. The van der Waals surface area contributed by atoms with Crippen molar-refractivity contribution in [3.05, 3.63) is 0 Å². The number of Topliss-reactive ketones (excluding diaryl/α,β-unsaturated/α-hetero) is 1. The van der Waals surface area contributed by atoms with Crippen molar-refractivity contribution >= 4 is 11.8 Å². The maximum Gasteiger partial charge on any atom is 0.309 e. The van der Waals surface area contributed by atoms with E-state index in [1.165, 1.54) is 424 Å². The molecule has 0 aromatic carbocycles. The number of aliphatic hydroxyl groups excluding tert-OH is 1. The zero-order valence-electron chi connectivity index (χ0n) is 63.2. The predicted molar refractivity (Wildman–Crippen MR) is 405 cm³/mol. The van der Waals surface area contributed by atoms with Crippen molar-refractivity contribution < 1.29 is 19.8 Å². The second-order valence-electron chi connectivity index (χ2n) is 31.5. The number of carboxylic acids is 1. The van der Waals surface area contributed by atoms with Crippen LogP contribution in [0.4, 0.5) is 0 Å². The summed E-state index contributed by atoms with van der Waals surface area (Å²) >= 11 is 0. The average molecular weight is 1280 g/mol. The highest BCUT2D eigenvalue weighted by atomic mass is 16.4. The summed E-state index contributed by atoms with van der Waals surface area (Å²) in [5, 5.41) is 20.6. The van der Waals surface area contributed by atoms with Gasteiger partial charge in [-0.2, -0.15) is 0 Å². The smallest absolute Gasteiger partial charge is 0.309 e. The van der Waals surface area contributed by atoms with Gasteiger partial charge >= 0.3 is 5.97 Å². The number of rotatable bonds is 80. The monoisotopic (exact) mass is 1280 g/mol. The van der Waals surface area contributed by atoms with Crippen LogP contribution in [0.15, 0.2) is 0 Å². The molecule has 0 aliphatic heterocycles. The van der Waals surface area contributed by atoms with Gasteiger partial charge in [0.2, 0.25) is 0 Å². The minimum atomic E-state index is -0.800. The molecule has 0 heterocycles. The van der Waals surface area contributed by atoms with Crippen molar-refractivity contribution in [2.24, 2.45) is 29.6 Å². The fourth-order valence-electron chi connectivity index (χ4n) is 15.7. The Kier molecular flexibility index (Phi) is 69.6. The zero-order chi connectivity index (χ0) is 65.7. The first-order valence-corrected chi connectivity index (χ1v) is 43.2. The van der Waals surface area contributed by atoms with Crippen molar-refractivity contribution in [2.75, 3.05) is 0 Å². The van der Waals surface area contributed by atoms with Gasteiger partial charge in [-0.05, 0) is 49.9 Å². The van der Waals surface area contributed by atoms with Gasteiger partial charge in [0.1, 0.15) is 5.78 Å². The number of aliphatic carboxylic acids is 1. The van der Waals surface area contributed by atoms with E-state index in [9.17, 15) is 19.8 Å². The lowest BCUT2D eigenvalue weighted by Crippen LogP contribution is -2.28. The molecule has 1 aliphatic carbocycles. The SMILES string of the molecule is CCCCCCCCCCCCCCCCCCCCCCCC[C@@H](C(=O)O)[C@H](O)CCCCCCCCCCCCCCCC[C@H]1C[C@@H]1[C@@H](C)CCCCCCCCCCCCCCCCCCC(=O)C(C)CCCCCCCCCCCCCCCCCC. The molecule has 91 heavy (non-hydrogen) atoms. The summed E-state index contributed by atoms with van der Waals surface area (Å²) in [6.45, 7) is 9.36. The highest BCUT2D eigenvalue weighted by Crippen LogP contribution is 2.49. The topological polar surface area (TPSA) is 74.6 Å². The third-order valence-electron chi connectivity index (χ3n) is 22.6. The summed E-state index contributed by atoms with van der Waals surface area (Å²) < 4.78 is 0. The lowest BCUT2D eigenvalue weighted by Gasteiger charge is -2.19. The molecule has 0 bridgehead atoms. The Labute approximate surface area is 573 Å². The van der Waals surface area contributed by atoms with Crippen LogP contribution in [-0.2, 0) is 9.59 Å². The van der Waals surface area contributed by atoms with Gasteiger partial charge in [-0.25, -0.2) is 0 Å². The Morgan fingerprint density at radius 2 is 0.527 bits per heavy atom. The van der Waals surface area contributed by atoms with Gasteiger partial charge in [0.25, 0.3) is 0 Å². The lowest BCUT2D eigenvalue weighted by atomic mass is 9.91. The van der Waals surface area contributed by atoms with Gasteiger partial charge in [0, 0.05) is 12.3 Å². The third-order valence-corrected chi connectivity index (χ3v) is 22.6. The first-order chi connectivity index (χ1) is 44.8. The summed E-state index contributed by atoms with van der Waals surface area (Å²) in [7, 11) is 0. The molecule has 0 amide bonds. The molecule has 6 atom stereocenters. The van der Waals surface area contributed by atoms with Gasteiger partial charge in [0.15, 0.2) is 0 Å². The van der Waals surface area contributed by atoms with E-state index in [1.807, 2.05) is 0 Å². The highest BCUT2D eigenvalue weighted by Gasteiger charge is 2.39. The van der Waals surface area contributed by atoms with E-state index in [-0.39, 0.29) is 5.92 Å². The van der Waals surface area contributed by atoms with Crippen molar-refractivity contribution in [2.45, 2.75) is 515 Å². The first-order valence-electron chi connectivity index (χ1n) is 43.2. The van der Waals surface area contributed by atoms with Crippen LogP contribution in [0.2, 0.25) is 0 Å². The summed E-state index contributed by atoms with van der Waals surface area (Å²) in [6, 6.07) is 0. The molecule has 2 N–H and O–H groups in total. The molecular weight excluding hydrogens is 1110 g/mol. The zero-order valence-corrected chi connectivity index (χ0v) is 63.2. The van der Waals surface area contributed by atoms with Crippen LogP contribution in [0.25, 0.3) is 0 Å². The Morgan fingerprint density at radius 3 is 0.813 bits per heavy atom. The number of aliphatic hydroxyl groups is 1. The van der Waals surface area contributed by atoms with Crippen molar-refractivity contribution in [3.8, 4) is 0 Å². The second-order valence-corrected chi connectivity index (χ2v) is 31.5. The molecule has 1 rings (SSSR count). The number of hydrogen-bond acceptors (Lipinski definition) is 3. The van der Waals surface area contributed by atoms with E-state index < -0.39 is 18.0 Å². The summed E-state index contributed by atoms with van der Waals surface area (Å²) in [4.78, 5) is 24.7. The van der Waals surface area contributed by atoms with E-state index >= 15 is 0 Å². The average Bonchev–Trinajstić information content (AvgIpc) is 2.01. The minimum absolute atomic E-state index is 0.281. The molecule has 0 aromatic heterocycles. The Morgan fingerprint density at radius 1 is 0.297 bits per heavy atom. The maximum absolute atomic E-state index is 12.7. The lowest BCUT2D eigenvalue weighted by molar-refractivity contribution is -0.146. The number of hydrogen-bond donors (Lipinski definition) is 2. The molecule has 0 aromatic rings. The number of carbonyl (C=O) groups is 2. The number of ketones is 1. The minimum Gasteiger partial charge on any atom is -0.481 e. The van der Waals surface area contributed by atoms with Gasteiger partial charge in [-0.15, -0.1) is 0 Å². The van der Waals surface area contributed by atoms with Crippen LogP contribution < -0.4 is 0 Å². The van der Waals surface area contributed by atoms with Crippen molar-refractivity contribution in [3.63, 3.8) is 0 Å². The van der Waals surface area contributed by atoms with Crippen LogP contribution in [0.3, 0.4) is 0 Å². The van der Waals surface area contributed by atoms with Crippen LogP contribution in [0, 0.1) is 29.6 Å². The second kappa shape index (κ2) is 71.9. The molecule has 1 saturated carbocycles. The Bertz CT molecular complexity index is 1430. The summed E-state index contributed by atoms with van der Waals surface area (Å²) in [6.07, 6.45) is 101. The molecule has 1 fully saturated rings. The van der Waals surface area contributed by atoms with Crippen LogP contribution in [0.1, 0.15) is 509 Å². The Balaban J connectivity index is 1.77. The molecule has 542 valence electrons. The molecule has 4 heteroatoms. The van der Waals surface area contributed by atoms with Crippen molar-refractivity contribution in [1.82, 2.24) is 0 Å². The number of carboxylic acid groups (broad SMARTS) is 1. The number of carbonyl (C=O) groups excluding carboxylic acids is 1. The van der Waals surface area contributed by atoms with E-state index in [2.05, 4.69) is 27.7 Å². The van der Waals surface area contributed by atoms with E-state index in [0.29, 0.717) is 18.6 Å². The normalized spacial score (nSPS) is 15.4. The fraction of sp³-hybridized carbons (Fsp3) is 0.977. The molecule has 0 saturated heterocycles. The highest BCUT2D eigenvalue weighted by molar-refractivity contribution is 5.80. The van der Waals surface area contributed by atoms with E-state index in [1.54, 1.807) is 0 Å². The quantitative estimate of drug-likeness (QED) is 0.0595. The molecule has 1 unspecified atom stereocenters.